The number of aromatic nitrogens is 3. The van der Waals surface area contributed by atoms with E-state index in [1.165, 1.54) is 21.1 Å². The number of fused-ring (bicyclic) bond motifs is 1. The number of nitrogens with zero attached hydrogens (tertiary/aromatic N) is 4. The van der Waals surface area contributed by atoms with Crippen molar-refractivity contribution in [2.45, 2.75) is 42.7 Å². The third kappa shape index (κ3) is 3.58. The van der Waals surface area contributed by atoms with Gasteiger partial charge in [-0.3, -0.25) is 4.57 Å². The molecule has 3 heterocycles. The van der Waals surface area contributed by atoms with E-state index in [9.17, 15) is 17.6 Å². The second-order valence-corrected chi connectivity index (χ2v) is 10.5. The molecule has 0 unspecified atom stereocenters. The summed E-state index contributed by atoms with van der Waals surface area (Å²) in [5, 5.41) is 4.72. The number of hydrogen-bond acceptors (Lipinski definition) is 4. The second kappa shape index (κ2) is 8.13. The third-order valence-corrected chi connectivity index (χ3v) is 8.49. The summed E-state index contributed by atoms with van der Waals surface area (Å²) in [6.07, 6.45) is 2.43. The predicted octanol–water partition coefficient (Wildman–Crippen LogP) is 3.40. The lowest BCUT2D eigenvalue weighted by atomic mass is 10.1. The van der Waals surface area contributed by atoms with Gasteiger partial charge < -0.3 is 0 Å². The normalized spacial score (nSPS) is 19.9. The van der Waals surface area contributed by atoms with E-state index < -0.39 is 15.8 Å². The molecule has 10 heteroatoms. The highest BCUT2D eigenvalue weighted by Gasteiger charge is 2.35. The molecule has 2 aromatic carbocycles. The minimum absolute atomic E-state index is 0.0270. The highest BCUT2D eigenvalue weighted by molar-refractivity contribution is 7.89. The van der Waals surface area contributed by atoms with E-state index >= 15 is 0 Å². The van der Waals surface area contributed by atoms with E-state index in [-0.39, 0.29) is 40.8 Å². The van der Waals surface area contributed by atoms with Gasteiger partial charge in [-0.1, -0.05) is 41.9 Å². The largest absolute Gasteiger partial charge is 0.346 e. The van der Waals surface area contributed by atoms with Crippen LogP contribution in [0.15, 0.2) is 58.2 Å². The van der Waals surface area contributed by atoms with Gasteiger partial charge in [0.25, 0.3) is 0 Å². The van der Waals surface area contributed by atoms with Crippen molar-refractivity contribution < 1.29 is 12.8 Å². The van der Waals surface area contributed by atoms with Gasteiger partial charge in [-0.05, 0) is 43.0 Å². The van der Waals surface area contributed by atoms with Gasteiger partial charge in [0.1, 0.15) is 16.5 Å². The highest BCUT2D eigenvalue weighted by atomic mass is 35.5. The van der Waals surface area contributed by atoms with E-state index in [1.54, 1.807) is 4.57 Å². The first-order chi connectivity index (χ1) is 15.4. The molecule has 0 bridgehead atoms. The molecule has 1 saturated heterocycles. The summed E-state index contributed by atoms with van der Waals surface area (Å²) in [4.78, 5) is 12.8. The number of halogens is 2. The van der Waals surface area contributed by atoms with Crippen molar-refractivity contribution in [3.63, 3.8) is 0 Å². The standard InChI is InChI=1S/C22H22ClFN4O3S/c23-16-6-8-20(18(24)14-16)32(30,31)26-12-10-17(11-13-26)28-22(29)27-19(7-9-21(27)25-28)15-4-2-1-3-5-15/h1-6,8,14,17,19H,7,9-13H2/t19-/m0/s1. The first kappa shape index (κ1) is 21.4. The fraction of sp³-hybridized carbons (Fsp3) is 0.364. The molecule has 7 nitrogen and oxygen atoms in total. The minimum Gasteiger partial charge on any atom is -0.271 e. The van der Waals surface area contributed by atoms with Crippen molar-refractivity contribution in [2.75, 3.05) is 13.1 Å². The molecule has 168 valence electrons. The molecule has 1 fully saturated rings. The molecule has 0 aliphatic carbocycles. The summed E-state index contributed by atoms with van der Waals surface area (Å²) in [7, 11) is -3.98. The van der Waals surface area contributed by atoms with Crippen molar-refractivity contribution in [2.24, 2.45) is 0 Å². The van der Waals surface area contributed by atoms with E-state index in [1.807, 2.05) is 30.3 Å². The van der Waals surface area contributed by atoms with Crippen LogP contribution in [0.5, 0.6) is 0 Å². The number of rotatable bonds is 4. The summed E-state index contributed by atoms with van der Waals surface area (Å²) < 4.78 is 44.5. The van der Waals surface area contributed by atoms with Crippen LogP contribution in [0.3, 0.4) is 0 Å². The Kier molecular flexibility index (Phi) is 5.43. The smallest absolute Gasteiger partial charge is 0.271 e. The molecule has 32 heavy (non-hydrogen) atoms. The van der Waals surface area contributed by atoms with Crippen LogP contribution in [0, 0.1) is 5.82 Å². The Hall–Kier alpha value is -2.49. The maximum Gasteiger partial charge on any atom is 0.346 e. The third-order valence-electron chi connectivity index (χ3n) is 6.32. The fourth-order valence-electron chi connectivity index (χ4n) is 4.69. The van der Waals surface area contributed by atoms with Crippen LogP contribution in [0.4, 0.5) is 4.39 Å². The molecule has 1 atom stereocenters. The first-order valence-corrected chi connectivity index (χ1v) is 12.4. The molecule has 1 aromatic heterocycles. The second-order valence-electron chi connectivity index (χ2n) is 8.19. The van der Waals surface area contributed by atoms with Crippen LogP contribution in [0.25, 0.3) is 0 Å². The Balaban J connectivity index is 1.35. The minimum atomic E-state index is -3.98. The van der Waals surface area contributed by atoms with Gasteiger partial charge in [-0.2, -0.15) is 9.40 Å². The van der Waals surface area contributed by atoms with Crippen LogP contribution >= 0.6 is 11.6 Å². The zero-order chi connectivity index (χ0) is 22.5. The van der Waals surface area contributed by atoms with Gasteiger partial charge in [0.05, 0.1) is 12.1 Å². The van der Waals surface area contributed by atoms with Crippen LogP contribution in [-0.2, 0) is 16.4 Å². The van der Waals surface area contributed by atoms with E-state index in [0.717, 1.165) is 30.3 Å². The summed E-state index contributed by atoms with van der Waals surface area (Å²) >= 11 is 5.75. The van der Waals surface area contributed by atoms with Crippen LogP contribution in [0.2, 0.25) is 5.02 Å². The lowest BCUT2D eigenvalue weighted by molar-refractivity contribution is 0.254. The fourth-order valence-corrected chi connectivity index (χ4v) is 6.37. The summed E-state index contributed by atoms with van der Waals surface area (Å²) in [6.45, 7) is 0.373. The molecule has 5 rings (SSSR count). The SMILES string of the molecule is O=c1n(C2CCN(S(=O)(=O)c3ccc(Cl)cc3F)CC2)nc2n1[C@H](c1ccccc1)CC2. The predicted molar refractivity (Wildman–Crippen MR) is 118 cm³/mol. The van der Waals surface area contributed by atoms with Crippen molar-refractivity contribution >= 4 is 21.6 Å². The summed E-state index contributed by atoms with van der Waals surface area (Å²) in [5.74, 6) is -0.101. The van der Waals surface area contributed by atoms with Gasteiger partial charge in [-0.25, -0.2) is 22.3 Å². The highest BCUT2D eigenvalue weighted by Crippen LogP contribution is 2.31. The summed E-state index contributed by atoms with van der Waals surface area (Å²) in [5.41, 5.74) is 0.926. The van der Waals surface area contributed by atoms with Gasteiger partial charge in [0.2, 0.25) is 10.0 Å². The Morgan fingerprint density at radius 2 is 1.75 bits per heavy atom. The molecule has 0 amide bonds. The molecule has 3 aromatic rings. The quantitative estimate of drug-likeness (QED) is 0.578. The van der Waals surface area contributed by atoms with Gasteiger partial charge >= 0.3 is 5.69 Å². The Morgan fingerprint density at radius 1 is 1.03 bits per heavy atom. The average molecular weight is 477 g/mol. The first-order valence-electron chi connectivity index (χ1n) is 10.6. The average Bonchev–Trinajstić information content (AvgIpc) is 3.34. The van der Waals surface area contributed by atoms with Crippen molar-refractivity contribution in [3.05, 3.63) is 81.2 Å². The van der Waals surface area contributed by atoms with Gasteiger partial charge in [0.15, 0.2) is 0 Å². The maximum absolute atomic E-state index is 14.2. The van der Waals surface area contributed by atoms with Crippen molar-refractivity contribution in [1.29, 1.82) is 0 Å². The van der Waals surface area contributed by atoms with Crippen molar-refractivity contribution in [3.8, 4) is 0 Å². The topological polar surface area (TPSA) is 77.2 Å². The van der Waals surface area contributed by atoms with Crippen molar-refractivity contribution in [1.82, 2.24) is 18.7 Å². The number of sulfonamides is 1. The molecule has 0 radical (unpaired) electrons. The van der Waals surface area contributed by atoms with E-state index in [2.05, 4.69) is 5.10 Å². The summed E-state index contributed by atoms with van der Waals surface area (Å²) in [6, 6.07) is 13.2. The zero-order valence-electron chi connectivity index (χ0n) is 17.2. The molecule has 0 N–H and O–H groups in total. The molecular weight excluding hydrogens is 455 g/mol. The molecule has 2 aliphatic heterocycles. The number of piperidine rings is 1. The Labute approximate surface area is 190 Å². The van der Waals surface area contributed by atoms with Gasteiger partial charge in [0, 0.05) is 24.5 Å². The Bertz CT molecular complexity index is 1310. The monoisotopic (exact) mass is 476 g/mol. The molecular formula is C22H22ClFN4O3S. The number of aryl methyl sites for hydroxylation is 1. The van der Waals surface area contributed by atoms with Gasteiger partial charge in [-0.15, -0.1) is 0 Å². The van der Waals surface area contributed by atoms with Crippen LogP contribution < -0.4 is 5.69 Å². The molecule has 0 saturated carbocycles. The zero-order valence-corrected chi connectivity index (χ0v) is 18.8. The maximum atomic E-state index is 14.2. The lowest BCUT2D eigenvalue weighted by Crippen LogP contribution is -2.41. The Morgan fingerprint density at radius 3 is 2.44 bits per heavy atom. The van der Waals surface area contributed by atoms with E-state index in [4.69, 9.17) is 11.6 Å². The van der Waals surface area contributed by atoms with Crippen LogP contribution in [-0.4, -0.2) is 40.2 Å². The lowest BCUT2D eigenvalue weighted by Gasteiger charge is -2.31. The molecule has 2 aliphatic rings. The number of benzene rings is 2. The van der Waals surface area contributed by atoms with Crippen LogP contribution in [0.1, 0.15) is 42.7 Å². The van der Waals surface area contributed by atoms with E-state index in [0.29, 0.717) is 12.8 Å². The number of hydrogen-bond donors (Lipinski definition) is 0. The molecule has 0 spiro atoms.